The van der Waals surface area contributed by atoms with Gasteiger partial charge in [-0.1, -0.05) is 6.42 Å². The monoisotopic (exact) mass is 343 g/mol. The summed E-state index contributed by atoms with van der Waals surface area (Å²) in [4.78, 5) is 2.18. The van der Waals surface area contributed by atoms with E-state index in [0.717, 1.165) is 37.1 Å². The van der Waals surface area contributed by atoms with Crippen LogP contribution >= 0.6 is 0 Å². The first kappa shape index (κ1) is 16.9. The van der Waals surface area contributed by atoms with Gasteiger partial charge in [-0.15, -0.1) is 10.2 Å². The van der Waals surface area contributed by atoms with Crippen molar-refractivity contribution in [3.63, 3.8) is 0 Å². The van der Waals surface area contributed by atoms with E-state index in [2.05, 4.69) is 20.2 Å². The van der Waals surface area contributed by atoms with Gasteiger partial charge in [-0.3, -0.25) is 9.58 Å². The molecule has 2 aromatic rings. The van der Waals surface area contributed by atoms with E-state index in [1.165, 1.54) is 0 Å². The lowest BCUT2D eigenvalue weighted by molar-refractivity contribution is -0.131. The average Bonchev–Trinajstić information content (AvgIpc) is 3.05. The summed E-state index contributed by atoms with van der Waals surface area (Å²) in [6.45, 7) is 3.46. The molecule has 1 atom stereocenters. The summed E-state index contributed by atoms with van der Waals surface area (Å²) >= 11 is 0. The second-order valence-corrected chi connectivity index (χ2v) is 6.22. The zero-order valence-electron chi connectivity index (χ0n) is 13.7. The quantitative estimate of drug-likeness (QED) is 0.854. The van der Waals surface area contributed by atoms with E-state index < -0.39 is 12.6 Å². The first-order valence-corrected chi connectivity index (χ1v) is 7.94. The SMILES string of the molecule is Cc1nn(C)cc1CN1CCCC[C@@H]1c1nnc(CC(F)(F)F)o1. The number of hydrogen-bond acceptors (Lipinski definition) is 5. The number of rotatable bonds is 4. The molecule has 0 N–H and O–H groups in total. The Hall–Kier alpha value is -1.90. The van der Waals surface area contributed by atoms with Crippen LogP contribution in [0.15, 0.2) is 10.6 Å². The molecule has 0 radical (unpaired) electrons. The molecule has 6 nitrogen and oxygen atoms in total. The van der Waals surface area contributed by atoms with E-state index in [1.807, 2.05) is 20.2 Å². The fraction of sp³-hybridized carbons (Fsp3) is 0.667. The lowest BCUT2D eigenvalue weighted by atomic mass is 10.0. The van der Waals surface area contributed by atoms with E-state index in [9.17, 15) is 13.2 Å². The van der Waals surface area contributed by atoms with Gasteiger partial charge in [0.1, 0.15) is 6.42 Å². The second kappa shape index (κ2) is 6.54. The molecule has 24 heavy (non-hydrogen) atoms. The van der Waals surface area contributed by atoms with Crippen LogP contribution in [0.1, 0.15) is 48.3 Å². The van der Waals surface area contributed by atoms with Crippen molar-refractivity contribution in [3.05, 3.63) is 29.2 Å². The topological polar surface area (TPSA) is 60.0 Å². The van der Waals surface area contributed by atoms with E-state index >= 15 is 0 Å². The normalized spacial score (nSPS) is 19.8. The third kappa shape index (κ3) is 3.95. The van der Waals surface area contributed by atoms with E-state index in [-0.39, 0.29) is 17.8 Å². The minimum Gasteiger partial charge on any atom is -0.423 e. The molecule has 1 saturated heterocycles. The highest BCUT2D eigenvalue weighted by Gasteiger charge is 2.33. The number of nitrogens with zero attached hydrogens (tertiary/aromatic N) is 5. The molecule has 0 amide bonds. The molecule has 1 fully saturated rings. The fourth-order valence-corrected chi connectivity index (χ4v) is 3.13. The highest BCUT2D eigenvalue weighted by atomic mass is 19.4. The Balaban J connectivity index is 1.76. The summed E-state index contributed by atoms with van der Waals surface area (Å²) in [6.07, 6.45) is -0.738. The van der Waals surface area contributed by atoms with Crippen LogP contribution in [0.3, 0.4) is 0 Å². The first-order chi connectivity index (χ1) is 11.3. The predicted molar refractivity (Wildman–Crippen MR) is 79.0 cm³/mol. The van der Waals surface area contributed by atoms with Crippen LogP contribution in [-0.2, 0) is 20.0 Å². The molecule has 0 unspecified atom stereocenters. The third-order valence-corrected chi connectivity index (χ3v) is 4.22. The number of likely N-dealkylation sites (tertiary alicyclic amines) is 1. The van der Waals surface area contributed by atoms with Crippen molar-refractivity contribution in [2.24, 2.45) is 7.05 Å². The molecule has 0 aliphatic carbocycles. The van der Waals surface area contributed by atoms with Crippen LogP contribution in [0.5, 0.6) is 0 Å². The lowest BCUT2D eigenvalue weighted by Crippen LogP contribution is -2.33. The van der Waals surface area contributed by atoms with Crippen LogP contribution in [0.4, 0.5) is 13.2 Å². The predicted octanol–water partition coefficient (Wildman–Crippen LogP) is 2.94. The Morgan fingerprint density at radius 3 is 2.75 bits per heavy atom. The highest BCUT2D eigenvalue weighted by Crippen LogP contribution is 2.32. The summed E-state index contributed by atoms with van der Waals surface area (Å²) in [5.41, 5.74) is 2.05. The second-order valence-electron chi connectivity index (χ2n) is 6.22. The van der Waals surface area contributed by atoms with Gasteiger partial charge in [0.25, 0.3) is 0 Å². The van der Waals surface area contributed by atoms with Crippen LogP contribution < -0.4 is 0 Å². The summed E-state index contributed by atoms with van der Waals surface area (Å²) in [6, 6.07) is -0.146. The minimum atomic E-state index is -4.34. The number of piperidine rings is 1. The van der Waals surface area contributed by atoms with Crippen molar-refractivity contribution in [2.75, 3.05) is 6.54 Å². The van der Waals surface area contributed by atoms with Gasteiger partial charge < -0.3 is 4.42 Å². The Bertz CT molecular complexity index is 694. The van der Waals surface area contributed by atoms with Gasteiger partial charge in [-0.2, -0.15) is 18.3 Å². The number of aryl methyl sites for hydroxylation is 2. The molecule has 0 spiro atoms. The first-order valence-electron chi connectivity index (χ1n) is 7.94. The van der Waals surface area contributed by atoms with Gasteiger partial charge in [0.05, 0.1) is 11.7 Å². The molecule has 1 aliphatic heterocycles. The maximum atomic E-state index is 12.5. The van der Waals surface area contributed by atoms with Gasteiger partial charge in [0.15, 0.2) is 0 Å². The van der Waals surface area contributed by atoms with Gasteiger partial charge in [-0.05, 0) is 26.3 Å². The number of hydrogen-bond donors (Lipinski definition) is 0. The average molecular weight is 343 g/mol. The van der Waals surface area contributed by atoms with Crippen molar-refractivity contribution in [1.82, 2.24) is 24.9 Å². The van der Waals surface area contributed by atoms with Crippen molar-refractivity contribution in [1.29, 1.82) is 0 Å². The van der Waals surface area contributed by atoms with Gasteiger partial charge in [0.2, 0.25) is 11.8 Å². The zero-order chi connectivity index (χ0) is 17.3. The maximum Gasteiger partial charge on any atom is 0.397 e. The third-order valence-electron chi connectivity index (χ3n) is 4.22. The minimum absolute atomic E-state index is 0.146. The Labute approximate surface area is 137 Å². The summed E-state index contributed by atoms with van der Waals surface area (Å²) < 4.78 is 44.4. The zero-order valence-corrected chi connectivity index (χ0v) is 13.7. The van der Waals surface area contributed by atoms with Crippen LogP contribution in [0, 0.1) is 6.92 Å². The Morgan fingerprint density at radius 1 is 1.29 bits per heavy atom. The van der Waals surface area contributed by atoms with Crippen molar-refractivity contribution in [2.45, 2.75) is 51.4 Å². The van der Waals surface area contributed by atoms with Crippen LogP contribution in [0.2, 0.25) is 0 Å². The molecule has 3 heterocycles. The summed E-state index contributed by atoms with van der Waals surface area (Å²) in [5.74, 6) is -0.101. The Kier molecular flexibility index (Phi) is 4.62. The molecule has 0 aromatic carbocycles. The molecule has 0 saturated carbocycles. The molecule has 1 aliphatic rings. The van der Waals surface area contributed by atoms with Crippen molar-refractivity contribution >= 4 is 0 Å². The lowest BCUT2D eigenvalue weighted by Gasteiger charge is -2.33. The van der Waals surface area contributed by atoms with Crippen LogP contribution in [-0.4, -0.2) is 37.6 Å². The van der Waals surface area contributed by atoms with Gasteiger partial charge in [-0.25, -0.2) is 0 Å². The Morgan fingerprint density at radius 2 is 2.08 bits per heavy atom. The number of halogens is 3. The number of aromatic nitrogens is 4. The molecular formula is C15H20F3N5O. The molecule has 132 valence electrons. The van der Waals surface area contributed by atoms with Crippen molar-refractivity contribution < 1.29 is 17.6 Å². The summed E-state index contributed by atoms with van der Waals surface area (Å²) in [7, 11) is 1.87. The largest absolute Gasteiger partial charge is 0.423 e. The summed E-state index contributed by atoms with van der Waals surface area (Å²) in [5, 5.41) is 11.8. The molecular weight excluding hydrogens is 323 g/mol. The smallest absolute Gasteiger partial charge is 0.397 e. The molecule has 3 rings (SSSR count). The van der Waals surface area contributed by atoms with Gasteiger partial charge >= 0.3 is 6.18 Å². The fourth-order valence-electron chi connectivity index (χ4n) is 3.13. The van der Waals surface area contributed by atoms with Crippen LogP contribution in [0.25, 0.3) is 0 Å². The van der Waals surface area contributed by atoms with Crippen molar-refractivity contribution in [3.8, 4) is 0 Å². The standard InChI is InChI=1S/C15H20F3N5O/c1-10-11(8-22(2)21-10)9-23-6-4-3-5-12(23)14-20-19-13(24-14)7-15(16,17)18/h8,12H,3-7,9H2,1-2H3/t12-/m1/s1. The molecule has 9 heteroatoms. The molecule has 0 bridgehead atoms. The van der Waals surface area contributed by atoms with E-state index in [1.54, 1.807) is 4.68 Å². The van der Waals surface area contributed by atoms with Gasteiger partial charge in [0, 0.05) is 25.4 Å². The maximum absolute atomic E-state index is 12.5. The highest BCUT2D eigenvalue weighted by molar-refractivity contribution is 5.15. The van der Waals surface area contributed by atoms with E-state index in [0.29, 0.717) is 6.54 Å². The molecule has 2 aromatic heterocycles. The number of alkyl halides is 3. The van der Waals surface area contributed by atoms with E-state index in [4.69, 9.17) is 4.42 Å².